The third kappa shape index (κ3) is 5.92. The third-order valence-electron chi connectivity index (χ3n) is 5.18. The summed E-state index contributed by atoms with van der Waals surface area (Å²) in [4.78, 5) is 21.2. The summed E-state index contributed by atoms with van der Waals surface area (Å²) in [5, 5.41) is 14.8. The van der Waals surface area contributed by atoms with Gasteiger partial charge in [0, 0.05) is 34.9 Å². The van der Waals surface area contributed by atoms with Gasteiger partial charge in [0.25, 0.3) is 0 Å². The molecule has 2 aromatic carbocycles. The average molecular weight is 516 g/mol. The zero-order valence-corrected chi connectivity index (χ0v) is 19.9. The number of aryl methyl sites for hydroxylation is 2. The van der Waals surface area contributed by atoms with Crippen LogP contribution in [0.25, 0.3) is 11.4 Å². The molecular weight excluding hydrogens is 495 g/mol. The quantitative estimate of drug-likeness (QED) is 0.226. The molecule has 0 aliphatic heterocycles. The van der Waals surface area contributed by atoms with E-state index in [2.05, 4.69) is 36.1 Å². The molecule has 0 spiro atoms. The van der Waals surface area contributed by atoms with Crippen LogP contribution in [0.15, 0.2) is 54.7 Å². The highest BCUT2D eigenvalue weighted by Gasteiger charge is 2.33. The predicted octanol–water partition coefficient (Wildman–Crippen LogP) is 6.80. The Morgan fingerprint density at radius 1 is 1.03 bits per heavy atom. The number of benzene rings is 2. The van der Waals surface area contributed by atoms with Crippen LogP contribution in [-0.2, 0) is 12.6 Å². The second-order valence-electron chi connectivity index (χ2n) is 7.82. The second-order valence-corrected chi connectivity index (χ2v) is 8.23. The number of aromatic amines is 1. The average Bonchev–Trinajstić information content (AvgIpc) is 3.27. The maximum Gasteiger partial charge on any atom is 0.417 e. The summed E-state index contributed by atoms with van der Waals surface area (Å²) >= 11 is 5.62. The molecule has 4 rings (SSSR count). The summed E-state index contributed by atoms with van der Waals surface area (Å²) in [6, 6.07) is 11.2. The van der Waals surface area contributed by atoms with Crippen LogP contribution in [0.1, 0.15) is 23.7 Å². The summed E-state index contributed by atoms with van der Waals surface area (Å²) < 4.78 is 39.2. The van der Waals surface area contributed by atoms with Crippen LogP contribution < -0.4 is 16.0 Å². The minimum atomic E-state index is -4.64. The Labute approximate surface area is 209 Å². The van der Waals surface area contributed by atoms with Gasteiger partial charge in [-0.15, -0.1) is 0 Å². The maximum absolute atomic E-state index is 13.1. The third-order valence-corrected chi connectivity index (χ3v) is 5.51. The minimum absolute atomic E-state index is 0.0433. The SMILES string of the molecule is CCc1cc(Nc2ccnc(-c3ccc(NC(=O)Nc4ccc(Cl)c(C(F)(F)F)c4)cc3C)n2)n[nH]1. The molecule has 2 heterocycles. The molecule has 0 aliphatic carbocycles. The lowest BCUT2D eigenvalue weighted by Crippen LogP contribution is -2.20. The predicted molar refractivity (Wildman–Crippen MR) is 133 cm³/mol. The summed E-state index contributed by atoms with van der Waals surface area (Å²) in [7, 11) is 0. The van der Waals surface area contributed by atoms with Crippen molar-refractivity contribution in [3.8, 4) is 11.4 Å². The van der Waals surface area contributed by atoms with Crippen LogP contribution in [0.2, 0.25) is 5.02 Å². The Bertz CT molecular complexity index is 1400. The van der Waals surface area contributed by atoms with Gasteiger partial charge in [0.15, 0.2) is 11.6 Å². The van der Waals surface area contributed by atoms with Crippen molar-refractivity contribution >= 4 is 40.6 Å². The van der Waals surface area contributed by atoms with Crippen molar-refractivity contribution in [3.05, 3.63) is 76.6 Å². The molecular formula is C24H21ClF3N7O. The molecule has 36 heavy (non-hydrogen) atoms. The molecule has 0 saturated heterocycles. The van der Waals surface area contributed by atoms with Crippen LogP contribution in [0.3, 0.4) is 0 Å². The molecule has 2 amide bonds. The van der Waals surface area contributed by atoms with Crippen molar-refractivity contribution in [2.75, 3.05) is 16.0 Å². The standard InChI is InChI=1S/C24H21ClF3N7O/c1-3-14-12-21(35-34-14)32-20-8-9-29-22(33-20)17-6-4-15(10-13(17)2)30-23(36)31-16-5-7-19(25)18(11-16)24(26,27)28/h4-12H,3H2,1-2H3,(H2,30,31,36)(H2,29,32,33,34,35). The first kappa shape index (κ1) is 25.0. The maximum atomic E-state index is 13.1. The zero-order valence-electron chi connectivity index (χ0n) is 19.2. The van der Waals surface area contributed by atoms with E-state index in [1.807, 2.05) is 19.9 Å². The van der Waals surface area contributed by atoms with E-state index in [-0.39, 0.29) is 5.69 Å². The number of amides is 2. The Morgan fingerprint density at radius 2 is 1.75 bits per heavy atom. The number of carbonyl (C=O) groups is 1. The van der Waals surface area contributed by atoms with Gasteiger partial charge >= 0.3 is 12.2 Å². The summed E-state index contributed by atoms with van der Waals surface area (Å²) in [6.45, 7) is 3.85. The lowest BCUT2D eigenvalue weighted by atomic mass is 10.1. The number of urea groups is 1. The van der Waals surface area contributed by atoms with Gasteiger partial charge in [-0.2, -0.15) is 18.3 Å². The number of nitrogens with one attached hydrogen (secondary N) is 4. The lowest BCUT2D eigenvalue weighted by Gasteiger charge is -2.13. The normalized spacial score (nSPS) is 11.3. The van der Waals surface area contributed by atoms with Gasteiger partial charge in [0.1, 0.15) is 5.82 Å². The first-order valence-electron chi connectivity index (χ1n) is 10.8. The van der Waals surface area contributed by atoms with E-state index in [0.717, 1.165) is 35.4 Å². The van der Waals surface area contributed by atoms with Crippen molar-refractivity contribution in [1.29, 1.82) is 0 Å². The molecule has 186 valence electrons. The van der Waals surface area contributed by atoms with Crippen molar-refractivity contribution in [1.82, 2.24) is 20.2 Å². The molecule has 8 nitrogen and oxygen atoms in total. The molecule has 4 N–H and O–H groups in total. The van der Waals surface area contributed by atoms with Gasteiger partial charge in [-0.25, -0.2) is 14.8 Å². The number of anilines is 4. The molecule has 2 aromatic heterocycles. The first-order valence-corrected chi connectivity index (χ1v) is 11.2. The zero-order chi connectivity index (χ0) is 25.9. The largest absolute Gasteiger partial charge is 0.417 e. The number of hydrogen-bond donors (Lipinski definition) is 4. The van der Waals surface area contributed by atoms with Crippen LogP contribution in [0.4, 0.5) is 41.0 Å². The molecule has 12 heteroatoms. The van der Waals surface area contributed by atoms with E-state index in [9.17, 15) is 18.0 Å². The monoisotopic (exact) mass is 515 g/mol. The number of alkyl halides is 3. The summed E-state index contributed by atoms with van der Waals surface area (Å²) in [6.07, 6.45) is -2.18. The number of carbonyl (C=O) groups excluding carboxylic acids is 1. The second kappa shape index (κ2) is 10.2. The van der Waals surface area contributed by atoms with E-state index < -0.39 is 22.8 Å². The van der Waals surface area contributed by atoms with E-state index >= 15 is 0 Å². The van der Waals surface area contributed by atoms with Crippen molar-refractivity contribution in [2.24, 2.45) is 0 Å². The number of aromatic nitrogens is 4. The number of hydrogen-bond acceptors (Lipinski definition) is 5. The Morgan fingerprint density at radius 3 is 2.42 bits per heavy atom. The Kier molecular flexibility index (Phi) is 7.11. The Hall–Kier alpha value is -4.12. The Balaban J connectivity index is 1.45. The van der Waals surface area contributed by atoms with E-state index in [0.29, 0.717) is 23.1 Å². The van der Waals surface area contributed by atoms with Crippen molar-refractivity contribution in [2.45, 2.75) is 26.4 Å². The van der Waals surface area contributed by atoms with Crippen LogP contribution in [-0.4, -0.2) is 26.2 Å². The molecule has 0 unspecified atom stereocenters. The number of rotatable bonds is 6. The number of nitrogens with zero attached hydrogens (tertiary/aromatic N) is 3. The molecule has 0 bridgehead atoms. The van der Waals surface area contributed by atoms with Crippen molar-refractivity contribution < 1.29 is 18.0 Å². The topological polar surface area (TPSA) is 108 Å². The molecule has 0 aliphatic rings. The fourth-order valence-corrected chi connectivity index (χ4v) is 3.63. The number of H-pyrrole nitrogens is 1. The van der Waals surface area contributed by atoms with E-state index in [1.54, 1.807) is 30.5 Å². The lowest BCUT2D eigenvalue weighted by molar-refractivity contribution is -0.137. The fraction of sp³-hybridized carbons (Fsp3) is 0.167. The smallest absolute Gasteiger partial charge is 0.323 e. The molecule has 0 radical (unpaired) electrons. The van der Waals surface area contributed by atoms with Crippen molar-refractivity contribution in [3.63, 3.8) is 0 Å². The van der Waals surface area contributed by atoms with Crippen LogP contribution in [0, 0.1) is 6.92 Å². The fourth-order valence-electron chi connectivity index (χ4n) is 3.40. The van der Waals surface area contributed by atoms with Gasteiger partial charge in [0.05, 0.1) is 10.6 Å². The van der Waals surface area contributed by atoms with Gasteiger partial charge in [-0.1, -0.05) is 18.5 Å². The minimum Gasteiger partial charge on any atom is -0.323 e. The summed E-state index contributed by atoms with van der Waals surface area (Å²) in [5.41, 5.74) is 1.88. The highest BCUT2D eigenvalue weighted by Crippen LogP contribution is 2.36. The highest BCUT2D eigenvalue weighted by molar-refractivity contribution is 6.31. The van der Waals surface area contributed by atoms with Gasteiger partial charge in [-0.3, -0.25) is 5.10 Å². The molecule has 0 saturated carbocycles. The van der Waals surface area contributed by atoms with Gasteiger partial charge < -0.3 is 16.0 Å². The van der Waals surface area contributed by atoms with Gasteiger partial charge in [0.2, 0.25) is 0 Å². The molecule has 4 aromatic rings. The molecule has 0 atom stereocenters. The van der Waals surface area contributed by atoms with Gasteiger partial charge in [-0.05, 0) is 61.4 Å². The first-order chi connectivity index (χ1) is 17.1. The number of halogens is 4. The summed E-state index contributed by atoms with van der Waals surface area (Å²) in [5.74, 6) is 1.68. The molecule has 0 fully saturated rings. The highest BCUT2D eigenvalue weighted by atomic mass is 35.5. The van der Waals surface area contributed by atoms with E-state index in [4.69, 9.17) is 11.6 Å². The van der Waals surface area contributed by atoms with E-state index in [1.165, 1.54) is 6.07 Å². The van der Waals surface area contributed by atoms with Crippen LogP contribution >= 0.6 is 11.6 Å². The van der Waals surface area contributed by atoms with Crippen LogP contribution in [0.5, 0.6) is 0 Å².